The third-order valence-corrected chi connectivity index (χ3v) is 2.54. The first-order valence-corrected chi connectivity index (χ1v) is 4.79. The molecule has 1 aliphatic rings. The van der Waals surface area contributed by atoms with Crippen LogP contribution in [0.15, 0.2) is 0 Å². The Bertz CT molecular complexity index is 132. The fourth-order valence-corrected chi connectivity index (χ4v) is 1.56. The van der Waals surface area contributed by atoms with E-state index < -0.39 is 0 Å². The van der Waals surface area contributed by atoms with Crippen molar-refractivity contribution in [2.45, 2.75) is 25.8 Å². The lowest BCUT2D eigenvalue weighted by atomic mass is 9.88. The molecule has 0 saturated carbocycles. The Labute approximate surface area is 74.9 Å². The van der Waals surface area contributed by atoms with Gasteiger partial charge >= 0.3 is 0 Å². The molecule has 0 aromatic rings. The summed E-state index contributed by atoms with van der Waals surface area (Å²) < 4.78 is 5.26. The van der Waals surface area contributed by atoms with Gasteiger partial charge in [-0.05, 0) is 13.3 Å². The highest BCUT2D eigenvalue weighted by Gasteiger charge is 2.36. The molecule has 1 aliphatic heterocycles. The van der Waals surface area contributed by atoms with Crippen molar-refractivity contribution in [2.24, 2.45) is 5.73 Å². The van der Waals surface area contributed by atoms with E-state index in [1.54, 1.807) is 0 Å². The van der Waals surface area contributed by atoms with E-state index in [1.165, 1.54) is 0 Å². The predicted molar refractivity (Wildman–Crippen MR) is 50.1 cm³/mol. The molecule has 0 aromatic carbocycles. The average Bonchev–Trinajstić information content (AvgIpc) is 2.01. The summed E-state index contributed by atoms with van der Waals surface area (Å²) in [6, 6.07) is 0. The van der Waals surface area contributed by atoms with Crippen molar-refractivity contribution < 1.29 is 4.74 Å². The van der Waals surface area contributed by atoms with Crippen LogP contribution in [-0.2, 0) is 4.74 Å². The first-order chi connectivity index (χ1) is 5.70. The van der Waals surface area contributed by atoms with Crippen molar-refractivity contribution in [2.75, 3.05) is 32.8 Å². The summed E-state index contributed by atoms with van der Waals surface area (Å²) in [5.41, 5.74) is 6.12. The highest BCUT2D eigenvalue weighted by molar-refractivity contribution is 4.98. The monoisotopic (exact) mass is 172 g/mol. The lowest BCUT2D eigenvalue weighted by Gasteiger charge is -2.47. The van der Waals surface area contributed by atoms with Gasteiger partial charge in [0.1, 0.15) is 0 Å². The Morgan fingerprint density at radius 1 is 1.42 bits per heavy atom. The summed E-state index contributed by atoms with van der Waals surface area (Å²) in [5.74, 6) is 0. The van der Waals surface area contributed by atoms with E-state index in [4.69, 9.17) is 10.5 Å². The van der Waals surface area contributed by atoms with Gasteiger partial charge in [0.05, 0.1) is 6.61 Å². The smallest absolute Gasteiger partial charge is 0.0593 e. The van der Waals surface area contributed by atoms with Crippen molar-refractivity contribution in [3.05, 3.63) is 0 Å². The molecular weight excluding hydrogens is 152 g/mol. The number of hydrogen-bond donors (Lipinski definition) is 1. The molecular formula is C9H20N2O. The minimum absolute atomic E-state index is 0.103. The van der Waals surface area contributed by atoms with Gasteiger partial charge in [-0.1, -0.05) is 6.92 Å². The molecule has 0 spiro atoms. The van der Waals surface area contributed by atoms with Crippen LogP contribution in [-0.4, -0.2) is 43.3 Å². The zero-order valence-corrected chi connectivity index (χ0v) is 8.18. The van der Waals surface area contributed by atoms with E-state index in [1.807, 2.05) is 6.92 Å². The van der Waals surface area contributed by atoms with Crippen LogP contribution in [0.5, 0.6) is 0 Å². The summed E-state index contributed by atoms with van der Waals surface area (Å²) in [4.78, 5) is 2.35. The van der Waals surface area contributed by atoms with E-state index in [0.717, 1.165) is 39.3 Å². The van der Waals surface area contributed by atoms with Gasteiger partial charge in [0.15, 0.2) is 0 Å². The van der Waals surface area contributed by atoms with Gasteiger partial charge in [-0.15, -0.1) is 0 Å². The van der Waals surface area contributed by atoms with E-state index in [0.29, 0.717) is 0 Å². The van der Waals surface area contributed by atoms with Crippen LogP contribution in [0.25, 0.3) is 0 Å². The minimum atomic E-state index is 0.103. The van der Waals surface area contributed by atoms with Crippen molar-refractivity contribution in [3.8, 4) is 0 Å². The predicted octanol–water partition coefficient (Wildman–Crippen LogP) is 0.446. The largest absolute Gasteiger partial charge is 0.380 e. The van der Waals surface area contributed by atoms with Crippen LogP contribution in [0.2, 0.25) is 0 Å². The van der Waals surface area contributed by atoms with Crippen molar-refractivity contribution >= 4 is 0 Å². The Morgan fingerprint density at radius 2 is 2.08 bits per heavy atom. The first kappa shape index (κ1) is 9.96. The molecule has 0 amide bonds. The van der Waals surface area contributed by atoms with Gasteiger partial charge in [-0.3, -0.25) is 4.90 Å². The molecule has 1 heterocycles. The summed E-state index contributed by atoms with van der Waals surface area (Å²) in [6.45, 7) is 8.95. The lowest BCUT2D eigenvalue weighted by Crippen LogP contribution is -2.67. The van der Waals surface area contributed by atoms with E-state index in [-0.39, 0.29) is 5.54 Å². The number of ether oxygens (including phenoxy) is 1. The molecule has 72 valence electrons. The Balaban J connectivity index is 2.02. The Morgan fingerprint density at radius 3 is 2.58 bits per heavy atom. The lowest BCUT2D eigenvalue weighted by molar-refractivity contribution is 0.0331. The normalized spacial score (nSPS) is 22.2. The second-order valence-electron chi connectivity index (χ2n) is 3.62. The summed E-state index contributed by atoms with van der Waals surface area (Å²) >= 11 is 0. The number of likely N-dealkylation sites (tertiary alicyclic amines) is 1. The van der Waals surface area contributed by atoms with E-state index in [2.05, 4.69) is 11.8 Å². The maximum atomic E-state index is 6.01. The van der Waals surface area contributed by atoms with Crippen molar-refractivity contribution in [3.63, 3.8) is 0 Å². The maximum absolute atomic E-state index is 6.01. The zero-order chi connectivity index (χ0) is 9.03. The third kappa shape index (κ3) is 2.44. The van der Waals surface area contributed by atoms with Gasteiger partial charge in [0.2, 0.25) is 0 Å². The molecule has 0 unspecified atom stereocenters. The molecule has 1 fully saturated rings. The van der Waals surface area contributed by atoms with E-state index >= 15 is 0 Å². The molecule has 1 rings (SSSR count). The number of nitrogens with zero attached hydrogens (tertiary/aromatic N) is 1. The fraction of sp³-hybridized carbons (Fsp3) is 1.00. The van der Waals surface area contributed by atoms with Crippen LogP contribution in [0.4, 0.5) is 0 Å². The van der Waals surface area contributed by atoms with Gasteiger partial charge in [0, 0.05) is 31.8 Å². The fourth-order valence-electron chi connectivity index (χ4n) is 1.56. The molecule has 0 aromatic heterocycles. The van der Waals surface area contributed by atoms with Crippen LogP contribution >= 0.6 is 0 Å². The number of rotatable bonds is 5. The van der Waals surface area contributed by atoms with Crippen LogP contribution in [0, 0.1) is 0 Å². The highest BCUT2D eigenvalue weighted by Crippen LogP contribution is 2.20. The van der Waals surface area contributed by atoms with Crippen LogP contribution < -0.4 is 5.73 Å². The van der Waals surface area contributed by atoms with Crippen LogP contribution in [0.1, 0.15) is 20.3 Å². The Kier molecular flexibility index (Phi) is 3.50. The Hall–Kier alpha value is -0.120. The van der Waals surface area contributed by atoms with Gasteiger partial charge in [-0.25, -0.2) is 0 Å². The minimum Gasteiger partial charge on any atom is -0.380 e. The second-order valence-corrected chi connectivity index (χ2v) is 3.62. The van der Waals surface area contributed by atoms with Gasteiger partial charge in [0.25, 0.3) is 0 Å². The molecule has 12 heavy (non-hydrogen) atoms. The summed E-state index contributed by atoms with van der Waals surface area (Å²) in [6.07, 6.45) is 1.08. The molecule has 3 heteroatoms. The molecule has 1 saturated heterocycles. The molecule has 0 atom stereocenters. The molecule has 0 radical (unpaired) electrons. The molecule has 2 N–H and O–H groups in total. The topological polar surface area (TPSA) is 38.5 Å². The first-order valence-electron chi connectivity index (χ1n) is 4.79. The number of hydrogen-bond acceptors (Lipinski definition) is 3. The zero-order valence-electron chi connectivity index (χ0n) is 8.18. The molecule has 3 nitrogen and oxygen atoms in total. The summed E-state index contributed by atoms with van der Waals surface area (Å²) in [5, 5.41) is 0. The summed E-state index contributed by atoms with van der Waals surface area (Å²) in [7, 11) is 0. The van der Waals surface area contributed by atoms with Gasteiger partial charge < -0.3 is 10.5 Å². The van der Waals surface area contributed by atoms with Gasteiger partial charge in [-0.2, -0.15) is 0 Å². The van der Waals surface area contributed by atoms with E-state index in [9.17, 15) is 0 Å². The standard InChI is InChI=1S/C9H20N2O/c1-3-9(10)7-11(8-9)5-6-12-4-2/h3-8,10H2,1-2H3. The SMILES string of the molecule is CCOCCN1CC(N)(CC)C1. The third-order valence-electron chi connectivity index (χ3n) is 2.54. The number of nitrogens with two attached hydrogens (primary N) is 1. The average molecular weight is 172 g/mol. The maximum Gasteiger partial charge on any atom is 0.0593 e. The molecule has 0 aliphatic carbocycles. The molecule has 0 bridgehead atoms. The van der Waals surface area contributed by atoms with Crippen molar-refractivity contribution in [1.82, 2.24) is 4.90 Å². The van der Waals surface area contributed by atoms with Crippen molar-refractivity contribution in [1.29, 1.82) is 0 Å². The highest BCUT2D eigenvalue weighted by atomic mass is 16.5. The quantitative estimate of drug-likeness (QED) is 0.612. The second kappa shape index (κ2) is 4.21. The van der Waals surface area contributed by atoms with Crippen LogP contribution in [0.3, 0.4) is 0 Å².